The summed E-state index contributed by atoms with van der Waals surface area (Å²) < 4.78 is 0. The second-order valence-corrected chi connectivity index (χ2v) is 6.96. The summed E-state index contributed by atoms with van der Waals surface area (Å²) in [6.45, 7) is 3.56. The van der Waals surface area contributed by atoms with Crippen LogP contribution in [0.4, 0.5) is 0 Å². The van der Waals surface area contributed by atoms with Crippen molar-refractivity contribution in [3.63, 3.8) is 0 Å². The van der Waals surface area contributed by atoms with Crippen molar-refractivity contribution in [3.8, 4) is 0 Å². The highest BCUT2D eigenvalue weighted by molar-refractivity contribution is 6.14. The molecule has 5 amide bonds. The molecule has 1 aliphatic rings. The number of nitrogens with zero attached hydrogens (tertiary/aromatic N) is 1. The molecule has 0 saturated heterocycles. The molecule has 1 rings (SSSR count). The van der Waals surface area contributed by atoms with Crippen molar-refractivity contribution in [3.05, 3.63) is 12.2 Å². The van der Waals surface area contributed by atoms with Crippen molar-refractivity contribution < 1.29 is 28.8 Å². The number of carbonyl (C=O) groups is 6. The molecule has 0 aromatic rings. The van der Waals surface area contributed by atoms with Crippen LogP contribution in [-0.2, 0) is 28.8 Å². The Morgan fingerprint density at radius 2 is 1.66 bits per heavy atom. The molecule has 0 fully saturated rings. The highest BCUT2D eigenvalue weighted by Crippen LogP contribution is 2.05. The minimum Gasteiger partial charge on any atom is -0.355 e. The first kappa shape index (κ1) is 24.0. The number of carbonyl (C=O) groups excluding carboxylic acids is 6. The van der Waals surface area contributed by atoms with E-state index in [9.17, 15) is 28.8 Å². The minimum absolute atomic E-state index is 0.0970. The summed E-state index contributed by atoms with van der Waals surface area (Å²) in [5, 5.41) is 7.73. The van der Waals surface area contributed by atoms with E-state index in [0.29, 0.717) is 32.1 Å². The molecule has 0 saturated carbocycles. The first-order valence-electron chi connectivity index (χ1n) is 9.57. The normalized spacial score (nSPS) is 14.1. The molecule has 0 spiro atoms. The van der Waals surface area contributed by atoms with Gasteiger partial charge in [0.05, 0.1) is 6.54 Å². The van der Waals surface area contributed by atoms with Crippen LogP contribution in [0.1, 0.15) is 39.5 Å². The molecule has 1 atom stereocenters. The lowest BCUT2D eigenvalue weighted by molar-refractivity contribution is -0.141. The van der Waals surface area contributed by atoms with Crippen LogP contribution in [0.2, 0.25) is 0 Å². The van der Waals surface area contributed by atoms with E-state index in [1.54, 1.807) is 13.8 Å². The van der Waals surface area contributed by atoms with Gasteiger partial charge in [-0.25, -0.2) is 0 Å². The molecule has 1 aliphatic heterocycles. The molecule has 0 aromatic heterocycles. The first-order chi connectivity index (χ1) is 13.8. The van der Waals surface area contributed by atoms with Gasteiger partial charge in [0.25, 0.3) is 11.8 Å². The molecule has 0 aromatic carbocycles. The number of amides is 5. The molecule has 1 unspecified atom stereocenters. The van der Waals surface area contributed by atoms with E-state index < -0.39 is 29.7 Å². The Morgan fingerprint density at radius 1 is 1.00 bits per heavy atom. The number of nitrogens with one attached hydrogen (secondary N) is 3. The zero-order chi connectivity index (χ0) is 21.8. The van der Waals surface area contributed by atoms with Gasteiger partial charge in [-0.3, -0.25) is 28.9 Å². The third kappa shape index (κ3) is 8.67. The second kappa shape index (κ2) is 12.4. The summed E-state index contributed by atoms with van der Waals surface area (Å²) in [6.07, 6.45) is 4.95. The van der Waals surface area contributed by atoms with Crippen molar-refractivity contribution in [1.82, 2.24) is 20.9 Å². The predicted molar refractivity (Wildman–Crippen MR) is 103 cm³/mol. The van der Waals surface area contributed by atoms with Gasteiger partial charge in [0.15, 0.2) is 0 Å². The molecule has 10 heteroatoms. The average molecular weight is 408 g/mol. The lowest BCUT2D eigenvalue weighted by Crippen LogP contribution is -2.50. The summed E-state index contributed by atoms with van der Waals surface area (Å²) in [5.41, 5.74) is 0. The van der Waals surface area contributed by atoms with Crippen LogP contribution >= 0.6 is 0 Å². The fourth-order valence-electron chi connectivity index (χ4n) is 2.63. The number of imide groups is 1. The van der Waals surface area contributed by atoms with Gasteiger partial charge in [0, 0.05) is 25.1 Å². The highest BCUT2D eigenvalue weighted by atomic mass is 16.2. The number of rotatable bonds is 13. The van der Waals surface area contributed by atoms with Crippen molar-refractivity contribution in [2.24, 2.45) is 5.92 Å². The number of hydrogen-bond donors (Lipinski definition) is 3. The van der Waals surface area contributed by atoms with Gasteiger partial charge in [-0.1, -0.05) is 20.3 Å². The van der Waals surface area contributed by atoms with Gasteiger partial charge in [0.1, 0.15) is 18.9 Å². The van der Waals surface area contributed by atoms with Gasteiger partial charge in [-0.2, -0.15) is 0 Å². The molecular formula is C19H28N4O6. The third-order valence-electron chi connectivity index (χ3n) is 4.23. The minimum atomic E-state index is -0.702. The van der Waals surface area contributed by atoms with E-state index in [-0.39, 0.29) is 31.3 Å². The molecule has 0 aliphatic carbocycles. The van der Waals surface area contributed by atoms with Crippen LogP contribution < -0.4 is 16.0 Å². The summed E-state index contributed by atoms with van der Waals surface area (Å²) >= 11 is 0. The maximum Gasteiger partial charge on any atom is 0.254 e. The highest BCUT2D eigenvalue weighted by Gasteiger charge is 2.25. The van der Waals surface area contributed by atoms with Crippen molar-refractivity contribution in [1.29, 1.82) is 0 Å². The van der Waals surface area contributed by atoms with Crippen LogP contribution in [0.15, 0.2) is 12.2 Å². The number of aldehydes is 1. The second-order valence-electron chi connectivity index (χ2n) is 6.96. The Labute approximate surface area is 169 Å². The molecule has 1 heterocycles. The van der Waals surface area contributed by atoms with E-state index in [2.05, 4.69) is 16.0 Å². The molecule has 29 heavy (non-hydrogen) atoms. The summed E-state index contributed by atoms with van der Waals surface area (Å²) in [4.78, 5) is 69.7. The maximum absolute atomic E-state index is 12.0. The number of unbranched alkanes of at least 4 members (excludes halogenated alkanes) is 2. The maximum atomic E-state index is 12.0. The third-order valence-corrected chi connectivity index (χ3v) is 4.23. The summed E-state index contributed by atoms with van der Waals surface area (Å²) in [6, 6.07) is -0.702. The zero-order valence-corrected chi connectivity index (χ0v) is 16.7. The van der Waals surface area contributed by atoms with Crippen molar-refractivity contribution in [2.75, 3.05) is 19.6 Å². The van der Waals surface area contributed by atoms with Crippen LogP contribution in [0.5, 0.6) is 0 Å². The smallest absolute Gasteiger partial charge is 0.254 e. The number of hydrogen-bond acceptors (Lipinski definition) is 6. The standard InChI is InChI=1S/C19H28N4O6/c1-13(2)18(19(29)21-10-11-24)22-14(25)6-4-3-5-9-20-15(26)12-23-16(27)7-8-17(23)28/h7-8,11,13,18H,3-6,9-10,12H2,1-2H3,(H,20,26)(H,21,29)(H,22,25). The van der Waals surface area contributed by atoms with Crippen LogP contribution in [0.25, 0.3) is 0 Å². The molecule has 3 N–H and O–H groups in total. The Morgan fingerprint density at radius 3 is 2.24 bits per heavy atom. The summed E-state index contributed by atoms with van der Waals surface area (Å²) in [5.74, 6) is -2.20. The van der Waals surface area contributed by atoms with Crippen LogP contribution in [0.3, 0.4) is 0 Å². The van der Waals surface area contributed by atoms with E-state index in [0.717, 1.165) is 17.1 Å². The fraction of sp³-hybridized carbons (Fsp3) is 0.579. The molecule has 0 bridgehead atoms. The quantitative estimate of drug-likeness (QED) is 0.204. The van der Waals surface area contributed by atoms with Gasteiger partial charge < -0.3 is 20.7 Å². The Balaban J connectivity index is 2.18. The summed E-state index contributed by atoms with van der Waals surface area (Å²) in [7, 11) is 0. The van der Waals surface area contributed by atoms with Crippen molar-refractivity contribution >= 4 is 35.8 Å². The van der Waals surface area contributed by atoms with E-state index >= 15 is 0 Å². The topological polar surface area (TPSA) is 142 Å². The lowest BCUT2D eigenvalue weighted by atomic mass is 10.0. The van der Waals surface area contributed by atoms with E-state index in [4.69, 9.17) is 0 Å². The predicted octanol–water partition coefficient (Wildman–Crippen LogP) is -0.956. The molecule has 160 valence electrons. The van der Waals surface area contributed by atoms with Crippen molar-refractivity contribution in [2.45, 2.75) is 45.6 Å². The monoisotopic (exact) mass is 408 g/mol. The van der Waals surface area contributed by atoms with Crippen LogP contribution in [0, 0.1) is 5.92 Å². The lowest BCUT2D eigenvalue weighted by Gasteiger charge is -2.21. The van der Waals surface area contributed by atoms with E-state index in [1.807, 2.05) is 0 Å². The van der Waals surface area contributed by atoms with Gasteiger partial charge in [-0.05, 0) is 18.8 Å². The first-order valence-corrected chi connectivity index (χ1v) is 9.57. The fourth-order valence-corrected chi connectivity index (χ4v) is 2.63. The molecule has 0 radical (unpaired) electrons. The van der Waals surface area contributed by atoms with Gasteiger partial charge in [-0.15, -0.1) is 0 Å². The van der Waals surface area contributed by atoms with Gasteiger partial charge >= 0.3 is 0 Å². The Bertz CT molecular complexity index is 656. The molecule has 10 nitrogen and oxygen atoms in total. The SMILES string of the molecule is CC(C)C(NC(=O)CCCCCNC(=O)CN1C(=O)C=CC1=O)C(=O)NCC=O. The molecular weight excluding hydrogens is 380 g/mol. The Hall–Kier alpha value is -3.04. The zero-order valence-electron chi connectivity index (χ0n) is 16.7. The Kier molecular flexibility index (Phi) is 10.3. The largest absolute Gasteiger partial charge is 0.355 e. The van der Waals surface area contributed by atoms with E-state index in [1.165, 1.54) is 0 Å². The van der Waals surface area contributed by atoms with Gasteiger partial charge in [0.2, 0.25) is 17.7 Å². The average Bonchev–Trinajstić information content (AvgIpc) is 2.98. The van der Waals surface area contributed by atoms with Crippen LogP contribution in [-0.4, -0.2) is 66.4 Å².